The number of methoxy groups -OCH3 is 1. The molecule has 2 N–H and O–H groups in total. The van der Waals surface area contributed by atoms with Crippen molar-refractivity contribution in [2.24, 2.45) is 0 Å². The fourth-order valence-corrected chi connectivity index (χ4v) is 6.70. The van der Waals surface area contributed by atoms with Crippen LogP contribution in [-0.4, -0.2) is 79.4 Å². The van der Waals surface area contributed by atoms with Crippen molar-refractivity contribution in [1.29, 1.82) is 0 Å². The van der Waals surface area contributed by atoms with E-state index in [9.17, 15) is 19.2 Å². The summed E-state index contributed by atoms with van der Waals surface area (Å²) in [5.41, 5.74) is 3.83. The highest BCUT2D eigenvalue weighted by molar-refractivity contribution is 6.35. The van der Waals surface area contributed by atoms with Crippen molar-refractivity contribution in [3.8, 4) is 28.7 Å². The second-order valence-corrected chi connectivity index (χ2v) is 12.7. The predicted octanol–water partition coefficient (Wildman–Crippen LogP) is 5.91. The van der Waals surface area contributed by atoms with Crippen molar-refractivity contribution < 1.29 is 28.3 Å². The van der Waals surface area contributed by atoms with Crippen LogP contribution in [0.1, 0.15) is 59.3 Å². The Balaban J connectivity index is 1.41. The van der Waals surface area contributed by atoms with Crippen LogP contribution in [0.4, 0.5) is 14.9 Å². The van der Waals surface area contributed by atoms with E-state index in [1.165, 1.54) is 23.8 Å². The van der Waals surface area contributed by atoms with E-state index in [-0.39, 0.29) is 52.8 Å². The average Bonchev–Trinajstić information content (AvgIpc) is 3.54. The number of hydrogen-bond donors (Lipinski definition) is 2. The summed E-state index contributed by atoms with van der Waals surface area (Å²) in [4.78, 5) is 56.8. The maximum Gasteiger partial charge on any atom is 0.328 e. The Morgan fingerprint density at radius 3 is 2.57 bits per heavy atom. The van der Waals surface area contributed by atoms with Gasteiger partial charge >= 0.3 is 6.03 Å². The lowest BCUT2D eigenvalue weighted by molar-refractivity contribution is -0.130. The van der Waals surface area contributed by atoms with E-state index in [4.69, 9.17) is 16.3 Å². The normalized spacial score (nSPS) is 16.2. The highest BCUT2D eigenvalue weighted by Gasteiger charge is 2.29. The van der Waals surface area contributed by atoms with Crippen LogP contribution in [0.3, 0.4) is 0 Å². The number of carbonyl (C=O) groups excluding carboxylic acids is 4. The number of nitrogens with one attached hydrogen (secondary N) is 2. The second kappa shape index (κ2) is 13.6. The maximum atomic E-state index is 16.3. The van der Waals surface area contributed by atoms with Gasteiger partial charge in [0.15, 0.2) is 5.82 Å². The summed E-state index contributed by atoms with van der Waals surface area (Å²) in [6, 6.07) is 13.5. The third kappa shape index (κ3) is 6.56. The molecule has 2 saturated heterocycles. The Hall–Kier alpha value is -5.34. The molecule has 1 aromatic heterocycles. The van der Waals surface area contributed by atoms with Gasteiger partial charge in [-0.15, -0.1) is 0 Å². The molecule has 12 heteroatoms. The van der Waals surface area contributed by atoms with E-state index >= 15 is 4.39 Å². The van der Waals surface area contributed by atoms with E-state index in [2.05, 4.69) is 22.1 Å². The summed E-state index contributed by atoms with van der Waals surface area (Å²) in [6.45, 7) is 2.76. The van der Waals surface area contributed by atoms with Crippen molar-refractivity contribution in [3.63, 3.8) is 0 Å². The van der Waals surface area contributed by atoms with Gasteiger partial charge in [0.05, 0.1) is 23.3 Å². The number of hydrogen-bond acceptors (Lipinski definition) is 5. The molecule has 2 aliphatic heterocycles. The van der Waals surface area contributed by atoms with Crippen LogP contribution in [0.5, 0.6) is 5.75 Å². The summed E-state index contributed by atoms with van der Waals surface area (Å²) in [5, 5.41) is 3.11. The summed E-state index contributed by atoms with van der Waals surface area (Å²) in [7, 11) is 4.80. The Bertz CT molecular complexity index is 2080. The molecule has 0 radical (unpaired) electrons. The van der Waals surface area contributed by atoms with E-state index in [1.54, 1.807) is 49.3 Å². The van der Waals surface area contributed by atoms with Crippen molar-refractivity contribution in [2.75, 3.05) is 45.7 Å². The molecular formula is C37H35ClFN5O5. The summed E-state index contributed by atoms with van der Waals surface area (Å²) in [6.07, 6.45) is 1.63. The standard InChI is InChI=1S/C37H35ClFN5O5/c1-21(45)43-15-6-8-24(20-43)26-18-27(28-19-29(36(47)42(2)3)40-35(28)34(26)39)25-13-11-22(17-31(25)49-4)10-12-23-7-5-9-30(33(23)38)44-16-14-32(46)41-37(44)48/h5,7,9,11,13,17-19,24,40H,6,8,14-16,20H2,1-4H3,(H,41,46,48)/t24-/m0/s1. The number of aromatic nitrogens is 1. The molecular weight excluding hydrogens is 649 g/mol. The average molecular weight is 684 g/mol. The predicted molar refractivity (Wildman–Crippen MR) is 185 cm³/mol. The molecule has 49 heavy (non-hydrogen) atoms. The first kappa shape index (κ1) is 33.6. The van der Waals surface area contributed by atoms with Crippen LogP contribution in [-0.2, 0) is 9.59 Å². The van der Waals surface area contributed by atoms with Crippen LogP contribution in [0.2, 0.25) is 5.02 Å². The maximum absolute atomic E-state index is 16.3. The van der Waals surface area contributed by atoms with Crippen LogP contribution in [0.25, 0.3) is 22.0 Å². The van der Waals surface area contributed by atoms with Crippen LogP contribution in [0, 0.1) is 17.7 Å². The lowest BCUT2D eigenvalue weighted by Gasteiger charge is -2.32. The van der Waals surface area contributed by atoms with E-state index in [0.717, 1.165) is 6.42 Å². The number of benzene rings is 3. The van der Waals surface area contributed by atoms with Gasteiger partial charge in [-0.2, -0.15) is 0 Å². The first-order chi connectivity index (χ1) is 23.5. The van der Waals surface area contributed by atoms with Gasteiger partial charge in [0.25, 0.3) is 5.91 Å². The minimum Gasteiger partial charge on any atom is -0.496 e. The number of ether oxygens (including phenoxy) is 1. The molecule has 252 valence electrons. The molecule has 2 fully saturated rings. The van der Waals surface area contributed by atoms with Gasteiger partial charge in [-0.05, 0) is 66.4 Å². The van der Waals surface area contributed by atoms with Crippen molar-refractivity contribution in [2.45, 2.75) is 32.1 Å². The van der Waals surface area contributed by atoms with Gasteiger partial charge in [-0.1, -0.05) is 29.5 Å². The second-order valence-electron chi connectivity index (χ2n) is 12.4. The van der Waals surface area contributed by atoms with Gasteiger partial charge in [0, 0.05) is 75.1 Å². The van der Waals surface area contributed by atoms with Gasteiger partial charge in [0.1, 0.15) is 11.4 Å². The van der Waals surface area contributed by atoms with Crippen LogP contribution >= 0.6 is 11.6 Å². The zero-order valence-electron chi connectivity index (χ0n) is 27.6. The Morgan fingerprint density at radius 1 is 1.06 bits per heavy atom. The van der Waals surface area contributed by atoms with Gasteiger partial charge in [-0.25, -0.2) is 9.18 Å². The fourth-order valence-electron chi connectivity index (χ4n) is 6.42. The number of nitrogens with zero attached hydrogens (tertiary/aromatic N) is 3. The summed E-state index contributed by atoms with van der Waals surface area (Å²) >= 11 is 6.67. The number of amides is 5. The van der Waals surface area contributed by atoms with E-state index < -0.39 is 11.8 Å². The monoisotopic (exact) mass is 683 g/mol. The highest BCUT2D eigenvalue weighted by Crippen LogP contribution is 2.41. The molecule has 0 bridgehead atoms. The molecule has 6 rings (SSSR count). The molecule has 10 nitrogen and oxygen atoms in total. The largest absolute Gasteiger partial charge is 0.496 e. The third-order valence-electron chi connectivity index (χ3n) is 8.98. The molecule has 3 heterocycles. The van der Waals surface area contributed by atoms with E-state index in [1.807, 2.05) is 18.2 Å². The Labute approximate surface area is 288 Å². The fraction of sp³-hybridized carbons (Fsp3) is 0.297. The number of rotatable bonds is 5. The SMILES string of the molecule is COc1cc(C#Cc2cccc(N3CCC(=O)NC3=O)c2Cl)ccc1-c1cc([C@H]2CCCN(C(C)=O)C2)c(F)c2[nH]c(C(=O)N(C)C)cc12. The number of piperidine rings is 1. The highest BCUT2D eigenvalue weighted by atomic mass is 35.5. The first-order valence-electron chi connectivity index (χ1n) is 15.9. The molecule has 1 atom stereocenters. The number of fused-ring (bicyclic) bond motifs is 1. The van der Waals surface area contributed by atoms with Crippen LogP contribution in [0.15, 0.2) is 48.5 Å². The zero-order valence-corrected chi connectivity index (χ0v) is 28.3. The van der Waals surface area contributed by atoms with Crippen LogP contribution < -0.4 is 15.0 Å². The minimum absolute atomic E-state index is 0.0509. The molecule has 5 amide bonds. The smallest absolute Gasteiger partial charge is 0.328 e. The summed E-state index contributed by atoms with van der Waals surface area (Å²) < 4.78 is 22.2. The number of likely N-dealkylation sites (tertiary alicyclic amines) is 1. The molecule has 0 unspecified atom stereocenters. The molecule has 0 spiro atoms. The van der Waals surface area contributed by atoms with Gasteiger partial charge in [0.2, 0.25) is 11.8 Å². The zero-order chi connectivity index (χ0) is 35.0. The number of anilines is 1. The quantitative estimate of drug-likeness (QED) is 0.254. The number of carbonyl (C=O) groups is 4. The Kier molecular flexibility index (Phi) is 9.35. The number of imide groups is 1. The van der Waals surface area contributed by atoms with Gasteiger partial charge in [-0.3, -0.25) is 24.6 Å². The first-order valence-corrected chi connectivity index (χ1v) is 16.3. The third-order valence-corrected chi connectivity index (χ3v) is 9.38. The molecule has 4 aromatic rings. The lowest BCUT2D eigenvalue weighted by Crippen LogP contribution is -2.49. The molecule has 0 saturated carbocycles. The van der Waals surface area contributed by atoms with Crippen molar-refractivity contribution in [1.82, 2.24) is 20.1 Å². The minimum atomic E-state index is -0.540. The summed E-state index contributed by atoms with van der Waals surface area (Å²) in [5.74, 6) is 5.32. The van der Waals surface area contributed by atoms with Gasteiger partial charge < -0.3 is 19.5 Å². The molecule has 3 aromatic carbocycles. The molecule has 0 aliphatic carbocycles. The van der Waals surface area contributed by atoms with Crippen molar-refractivity contribution >= 4 is 51.9 Å². The topological polar surface area (TPSA) is 115 Å². The van der Waals surface area contributed by atoms with E-state index in [0.29, 0.717) is 64.2 Å². The number of aromatic amines is 1. The van der Waals surface area contributed by atoms with Crippen molar-refractivity contribution in [3.05, 3.63) is 81.8 Å². The molecule has 2 aliphatic rings. The number of halogens is 2. The lowest BCUT2D eigenvalue weighted by atomic mass is 9.86. The Morgan fingerprint density at radius 2 is 1.86 bits per heavy atom. The number of urea groups is 1. The number of H-pyrrole nitrogens is 1.